The van der Waals surface area contributed by atoms with Gasteiger partial charge in [-0.3, -0.25) is 9.89 Å². The van der Waals surface area contributed by atoms with Gasteiger partial charge < -0.3 is 15.1 Å². The van der Waals surface area contributed by atoms with E-state index in [0.717, 1.165) is 75.8 Å². The van der Waals surface area contributed by atoms with E-state index in [1.54, 1.807) is 12.6 Å². The zero-order chi connectivity index (χ0) is 22.3. The van der Waals surface area contributed by atoms with Gasteiger partial charge in [0.15, 0.2) is 5.96 Å². The van der Waals surface area contributed by atoms with E-state index < -0.39 is 0 Å². The molecule has 5 rings (SSSR count). The third-order valence-corrected chi connectivity index (χ3v) is 6.53. The highest BCUT2D eigenvalue weighted by Crippen LogP contribution is 2.15. The van der Waals surface area contributed by atoms with Crippen molar-refractivity contribution in [2.24, 2.45) is 4.99 Å². The number of furan rings is 1. The molecule has 8 nitrogen and oxygen atoms in total. The van der Waals surface area contributed by atoms with E-state index in [2.05, 4.69) is 55.9 Å². The number of fused-ring (bicyclic) bond motifs is 1. The maximum absolute atomic E-state index is 5.47. The summed E-state index contributed by atoms with van der Waals surface area (Å²) >= 11 is 0. The molecule has 0 bridgehead atoms. The van der Waals surface area contributed by atoms with Crippen molar-refractivity contribution in [2.75, 3.05) is 19.6 Å². The Hall–Kier alpha value is -3.13. The number of aryl methyl sites for hydroxylation is 1. The molecule has 1 saturated heterocycles. The first kappa shape index (κ1) is 21.7. The van der Waals surface area contributed by atoms with Crippen LogP contribution in [0.15, 0.2) is 64.5 Å². The first-order valence-corrected chi connectivity index (χ1v) is 12.0. The number of nitrogens with one attached hydrogen (secondary N) is 2. The molecule has 0 amide bonds. The summed E-state index contributed by atoms with van der Waals surface area (Å²) in [7, 11) is 0. The second-order valence-corrected chi connectivity index (χ2v) is 8.98. The first-order valence-electron chi connectivity index (χ1n) is 12.0. The number of rotatable bonds is 7. The molecule has 1 unspecified atom stereocenters. The molecule has 1 fully saturated rings. The summed E-state index contributed by atoms with van der Waals surface area (Å²) in [4.78, 5) is 11.8. The molecule has 2 N–H and O–H groups in total. The summed E-state index contributed by atoms with van der Waals surface area (Å²) in [6.07, 6.45) is 8.37. The van der Waals surface area contributed by atoms with Crippen molar-refractivity contribution < 1.29 is 4.42 Å². The van der Waals surface area contributed by atoms with Gasteiger partial charge in [0.2, 0.25) is 0 Å². The van der Waals surface area contributed by atoms with Gasteiger partial charge in [-0.2, -0.15) is 5.10 Å². The molecular weight excluding hydrogens is 414 g/mol. The van der Waals surface area contributed by atoms with Crippen LogP contribution in [-0.2, 0) is 25.9 Å². The summed E-state index contributed by atoms with van der Waals surface area (Å²) in [5, 5.41) is 11.7. The number of hydrogen-bond acceptors (Lipinski definition) is 5. The number of likely N-dealkylation sites (tertiary alicyclic amines) is 1. The Morgan fingerprint density at radius 2 is 1.88 bits per heavy atom. The van der Waals surface area contributed by atoms with Crippen LogP contribution in [0.3, 0.4) is 0 Å². The largest absolute Gasteiger partial charge is 0.469 e. The zero-order valence-corrected chi connectivity index (χ0v) is 19.1. The summed E-state index contributed by atoms with van der Waals surface area (Å²) in [6, 6.07) is 15.4. The predicted octanol–water partition coefficient (Wildman–Crippen LogP) is 2.63. The topological polar surface area (TPSA) is 83.5 Å². The number of guanidine groups is 1. The molecular formula is C25H33N7O. The highest BCUT2D eigenvalue weighted by Gasteiger charge is 2.24. The number of benzene rings is 1. The molecule has 0 saturated carbocycles. The number of aromatic nitrogens is 3. The van der Waals surface area contributed by atoms with Crippen molar-refractivity contribution in [3.8, 4) is 0 Å². The molecule has 174 valence electrons. The summed E-state index contributed by atoms with van der Waals surface area (Å²) in [5.41, 5.74) is 1.38. The van der Waals surface area contributed by atoms with Gasteiger partial charge in [-0.15, -0.1) is 0 Å². The van der Waals surface area contributed by atoms with Crippen LogP contribution in [0.5, 0.6) is 0 Å². The van der Waals surface area contributed by atoms with Gasteiger partial charge >= 0.3 is 0 Å². The van der Waals surface area contributed by atoms with Gasteiger partial charge in [-0.25, -0.2) is 9.67 Å². The molecule has 2 aliphatic rings. The maximum atomic E-state index is 5.47. The lowest BCUT2D eigenvalue weighted by Gasteiger charge is -2.34. The van der Waals surface area contributed by atoms with Crippen molar-refractivity contribution in [1.82, 2.24) is 30.3 Å². The summed E-state index contributed by atoms with van der Waals surface area (Å²) in [5.74, 6) is 2.94. The Morgan fingerprint density at radius 3 is 2.70 bits per heavy atom. The quantitative estimate of drug-likeness (QED) is 0.428. The first-order chi connectivity index (χ1) is 16.3. The normalized spacial score (nSPS) is 19.9. The number of hydrogen-bond donors (Lipinski definition) is 2. The molecule has 33 heavy (non-hydrogen) atoms. The summed E-state index contributed by atoms with van der Waals surface area (Å²) < 4.78 is 7.48. The van der Waals surface area contributed by atoms with E-state index >= 15 is 0 Å². The Bertz CT molecular complexity index is 1010. The lowest BCUT2D eigenvalue weighted by molar-refractivity contribution is 0.198. The second-order valence-electron chi connectivity index (χ2n) is 8.98. The molecule has 2 aromatic heterocycles. The van der Waals surface area contributed by atoms with Gasteiger partial charge in [0.1, 0.15) is 17.9 Å². The van der Waals surface area contributed by atoms with Crippen molar-refractivity contribution in [3.63, 3.8) is 0 Å². The van der Waals surface area contributed by atoms with Crippen LogP contribution < -0.4 is 10.6 Å². The fourth-order valence-electron chi connectivity index (χ4n) is 4.68. The van der Waals surface area contributed by atoms with Crippen LogP contribution in [0, 0.1) is 0 Å². The predicted molar refractivity (Wildman–Crippen MR) is 128 cm³/mol. The molecule has 0 radical (unpaired) electrons. The van der Waals surface area contributed by atoms with E-state index in [9.17, 15) is 0 Å². The van der Waals surface area contributed by atoms with Crippen molar-refractivity contribution in [3.05, 3.63) is 72.2 Å². The highest BCUT2D eigenvalue weighted by molar-refractivity contribution is 5.80. The van der Waals surface area contributed by atoms with Crippen molar-refractivity contribution in [1.29, 1.82) is 0 Å². The Morgan fingerprint density at radius 1 is 1.03 bits per heavy atom. The fourth-order valence-corrected chi connectivity index (χ4v) is 4.68. The average molecular weight is 448 g/mol. The van der Waals surface area contributed by atoms with E-state index in [0.29, 0.717) is 18.6 Å². The van der Waals surface area contributed by atoms with Crippen LogP contribution in [0.25, 0.3) is 0 Å². The molecule has 0 aliphatic carbocycles. The van der Waals surface area contributed by atoms with Gasteiger partial charge in [-0.05, 0) is 37.0 Å². The van der Waals surface area contributed by atoms with E-state index in [1.165, 1.54) is 5.56 Å². The summed E-state index contributed by atoms with van der Waals surface area (Å²) in [6.45, 7) is 4.73. The van der Waals surface area contributed by atoms with Gasteiger partial charge in [0.25, 0.3) is 0 Å². The Labute approximate surface area is 195 Å². The van der Waals surface area contributed by atoms with Gasteiger partial charge in [-0.1, -0.05) is 30.3 Å². The smallest absolute Gasteiger partial charge is 0.191 e. The molecule has 4 heterocycles. The average Bonchev–Trinajstić information content (AvgIpc) is 3.53. The minimum absolute atomic E-state index is 0.298. The second kappa shape index (κ2) is 10.7. The van der Waals surface area contributed by atoms with E-state index in [1.807, 2.05) is 16.8 Å². The zero-order valence-electron chi connectivity index (χ0n) is 19.1. The number of piperidine rings is 1. The van der Waals surface area contributed by atoms with Crippen molar-refractivity contribution in [2.45, 2.75) is 57.3 Å². The van der Waals surface area contributed by atoms with Gasteiger partial charge in [0, 0.05) is 51.1 Å². The third-order valence-electron chi connectivity index (χ3n) is 6.53. The standard InChI is InChI=1S/C25H33N7O/c1-2-5-20(6-3-1)17-31-14-11-21(12-15-31)29-25(26-13-10-23-7-4-16-33-23)30-22-8-9-24-27-19-28-32(24)18-22/h1-7,16,19,21-22H,8-15,17-18H2,(H2,26,29,30). The van der Waals surface area contributed by atoms with Crippen molar-refractivity contribution >= 4 is 5.96 Å². The van der Waals surface area contributed by atoms with Crippen LogP contribution in [0.2, 0.25) is 0 Å². The molecule has 8 heteroatoms. The molecule has 1 atom stereocenters. The van der Waals surface area contributed by atoms with E-state index in [4.69, 9.17) is 9.41 Å². The maximum Gasteiger partial charge on any atom is 0.191 e. The van der Waals surface area contributed by atoms with Gasteiger partial charge in [0.05, 0.1) is 12.8 Å². The van der Waals surface area contributed by atoms with Crippen LogP contribution >= 0.6 is 0 Å². The number of nitrogens with zero attached hydrogens (tertiary/aromatic N) is 5. The minimum atomic E-state index is 0.298. The third kappa shape index (κ3) is 6.01. The monoisotopic (exact) mass is 447 g/mol. The lowest BCUT2D eigenvalue weighted by atomic mass is 10.0. The Balaban J connectivity index is 1.16. The lowest BCUT2D eigenvalue weighted by Crippen LogP contribution is -2.52. The number of aliphatic imine (C=N–C) groups is 1. The van der Waals surface area contributed by atoms with Crippen LogP contribution in [0.4, 0.5) is 0 Å². The molecule has 3 aromatic rings. The van der Waals surface area contributed by atoms with Crippen LogP contribution in [-0.4, -0.2) is 57.3 Å². The fraction of sp³-hybridized carbons (Fsp3) is 0.480. The Kier molecular flexibility index (Phi) is 7.01. The molecule has 1 aromatic carbocycles. The minimum Gasteiger partial charge on any atom is -0.469 e. The molecule has 0 spiro atoms. The van der Waals surface area contributed by atoms with Crippen LogP contribution in [0.1, 0.15) is 36.4 Å². The SMILES string of the molecule is c1ccc(CN2CCC(NC(=NCCc3ccco3)NC3CCc4ncnn4C3)CC2)cc1. The highest BCUT2D eigenvalue weighted by atomic mass is 16.3. The molecule has 2 aliphatic heterocycles. The van der Waals surface area contributed by atoms with E-state index in [-0.39, 0.29) is 0 Å².